The van der Waals surface area contributed by atoms with Crippen molar-refractivity contribution in [2.24, 2.45) is 5.92 Å². The number of rotatable bonds is 6. The van der Waals surface area contributed by atoms with Crippen LogP contribution in [0.15, 0.2) is 4.52 Å². The maximum Gasteiger partial charge on any atom is 0.229 e. The minimum Gasteiger partial charge on any atom is -0.392 e. The van der Waals surface area contributed by atoms with E-state index < -0.39 is 0 Å². The molecule has 0 amide bonds. The summed E-state index contributed by atoms with van der Waals surface area (Å²) in [6.45, 7) is 0. The molecule has 4 nitrogen and oxygen atoms in total. The second-order valence-corrected chi connectivity index (χ2v) is 6.72. The number of hydrogen-bond donors (Lipinski definition) is 1. The fraction of sp³-hybridized carbons (Fsp3) is 0.846. The Kier molecular flexibility index (Phi) is 3.89. The molecule has 0 aromatic carbocycles. The molecular formula is C13H20N2O2S. The molecule has 0 spiro atoms. The highest BCUT2D eigenvalue weighted by atomic mass is 32.2. The number of aromatic nitrogens is 2. The molecule has 3 rings (SSSR count). The first kappa shape index (κ1) is 12.5. The third-order valence-electron chi connectivity index (χ3n) is 3.81. The molecule has 1 unspecified atom stereocenters. The fourth-order valence-corrected chi connectivity index (χ4v) is 3.67. The van der Waals surface area contributed by atoms with Crippen molar-refractivity contribution in [3.05, 3.63) is 11.7 Å². The maximum atomic E-state index is 9.82. The van der Waals surface area contributed by atoms with Gasteiger partial charge in [-0.3, -0.25) is 0 Å². The SMILES string of the molecule is OC(Cc1nc(CSC2CCCC2)no1)C1CC1. The van der Waals surface area contributed by atoms with E-state index in [1.807, 2.05) is 11.8 Å². The molecule has 1 atom stereocenters. The van der Waals surface area contributed by atoms with Gasteiger partial charge < -0.3 is 9.63 Å². The zero-order valence-corrected chi connectivity index (χ0v) is 11.4. The van der Waals surface area contributed by atoms with Crippen molar-refractivity contribution in [1.82, 2.24) is 10.1 Å². The molecule has 2 saturated carbocycles. The van der Waals surface area contributed by atoms with Gasteiger partial charge in [0, 0.05) is 5.25 Å². The quantitative estimate of drug-likeness (QED) is 0.859. The summed E-state index contributed by atoms with van der Waals surface area (Å²) in [4.78, 5) is 4.36. The molecule has 18 heavy (non-hydrogen) atoms. The van der Waals surface area contributed by atoms with Crippen LogP contribution in [0.3, 0.4) is 0 Å². The predicted molar refractivity (Wildman–Crippen MR) is 70.3 cm³/mol. The summed E-state index contributed by atoms with van der Waals surface area (Å²) >= 11 is 1.94. The van der Waals surface area contributed by atoms with Crippen LogP contribution in [0.2, 0.25) is 0 Å². The van der Waals surface area contributed by atoms with Crippen LogP contribution in [0.1, 0.15) is 50.2 Å². The van der Waals surface area contributed by atoms with Crippen molar-refractivity contribution in [3.8, 4) is 0 Å². The normalized spacial score (nSPS) is 22.5. The Hall–Kier alpha value is -0.550. The van der Waals surface area contributed by atoms with E-state index in [0.29, 0.717) is 18.2 Å². The summed E-state index contributed by atoms with van der Waals surface area (Å²) < 4.78 is 5.19. The van der Waals surface area contributed by atoms with Crippen molar-refractivity contribution < 1.29 is 9.63 Å². The lowest BCUT2D eigenvalue weighted by atomic mass is 10.2. The number of thioether (sulfide) groups is 1. The Labute approximate surface area is 112 Å². The van der Waals surface area contributed by atoms with Gasteiger partial charge in [-0.15, -0.1) is 0 Å². The second-order valence-electron chi connectivity index (χ2n) is 5.43. The minimum absolute atomic E-state index is 0.291. The molecule has 2 aliphatic rings. The van der Waals surface area contributed by atoms with Crippen LogP contribution in [-0.4, -0.2) is 26.6 Å². The first-order valence-electron chi connectivity index (χ1n) is 6.92. The zero-order valence-electron chi connectivity index (χ0n) is 10.5. The van der Waals surface area contributed by atoms with Crippen molar-refractivity contribution in [2.45, 2.75) is 62.1 Å². The van der Waals surface area contributed by atoms with Gasteiger partial charge in [-0.25, -0.2) is 0 Å². The van der Waals surface area contributed by atoms with E-state index >= 15 is 0 Å². The number of aliphatic hydroxyl groups is 1. The van der Waals surface area contributed by atoms with Crippen molar-refractivity contribution >= 4 is 11.8 Å². The summed E-state index contributed by atoms with van der Waals surface area (Å²) in [5.41, 5.74) is 0. The van der Waals surface area contributed by atoms with Gasteiger partial charge in [-0.1, -0.05) is 18.0 Å². The molecule has 1 N–H and O–H groups in total. The van der Waals surface area contributed by atoms with E-state index in [9.17, 15) is 5.11 Å². The molecule has 5 heteroatoms. The van der Waals surface area contributed by atoms with E-state index in [2.05, 4.69) is 10.1 Å². The van der Waals surface area contributed by atoms with Crippen molar-refractivity contribution in [3.63, 3.8) is 0 Å². The Morgan fingerprint density at radius 3 is 2.78 bits per heavy atom. The molecule has 1 heterocycles. The Bertz CT molecular complexity index is 386. The maximum absolute atomic E-state index is 9.82. The third kappa shape index (κ3) is 3.26. The van der Waals surface area contributed by atoms with Crippen LogP contribution < -0.4 is 0 Å². The van der Waals surface area contributed by atoms with Crippen molar-refractivity contribution in [1.29, 1.82) is 0 Å². The van der Waals surface area contributed by atoms with Crippen LogP contribution >= 0.6 is 11.8 Å². The molecule has 0 saturated heterocycles. The highest BCUT2D eigenvalue weighted by molar-refractivity contribution is 7.99. The zero-order chi connectivity index (χ0) is 12.4. The van der Waals surface area contributed by atoms with Gasteiger partial charge in [-0.2, -0.15) is 16.7 Å². The molecule has 2 fully saturated rings. The van der Waals surface area contributed by atoms with E-state index in [1.54, 1.807) is 0 Å². The van der Waals surface area contributed by atoms with Crippen LogP contribution in [-0.2, 0) is 12.2 Å². The Morgan fingerprint density at radius 2 is 2.06 bits per heavy atom. The average molecular weight is 268 g/mol. The molecular weight excluding hydrogens is 248 g/mol. The molecule has 100 valence electrons. The highest BCUT2D eigenvalue weighted by Gasteiger charge is 2.31. The van der Waals surface area contributed by atoms with Gasteiger partial charge >= 0.3 is 0 Å². The van der Waals surface area contributed by atoms with Gasteiger partial charge in [0.1, 0.15) is 0 Å². The number of nitrogens with zero attached hydrogens (tertiary/aromatic N) is 2. The molecule has 2 aliphatic carbocycles. The average Bonchev–Trinajstić information content (AvgIpc) is 2.92. The van der Waals surface area contributed by atoms with Crippen LogP contribution in [0.4, 0.5) is 0 Å². The summed E-state index contributed by atoms with van der Waals surface area (Å²) in [5, 5.41) is 14.6. The first-order chi connectivity index (χ1) is 8.81. The van der Waals surface area contributed by atoms with Crippen LogP contribution in [0, 0.1) is 5.92 Å². The molecule has 0 radical (unpaired) electrons. The van der Waals surface area contributed by atoms with Gasteiger partial charge in [0.15, 0.2) is 5.82 Å². The van der Waals surface area contributed by atoms with E-state index in [4.69, 9.17) is 4.52 Å². The topological polar surface area (TPSA) is 59.2 Å². The lowest BCUT2D eigenvalue weighted by Gasteiger charge is -2.05. The van der Waals surface area contributed by atoms with E-state index in [-0.39, 0.29) is 6.10 Å². The lowest BCUT2D eigenvalue weighted by molar-refractivity contribution is 0.140. The van der Waals surface area contributed by atoms with Gasteiger partial charge in [0.2, 0.25) is 5.89 Å². The van der Waals surface area contributed by atoms with Crippen LogP contribution in [0.5, 0.6) is 0 Å². The van der Waals surface area contributed by atoms with Gasteiger partial charge in [-0.05, 0) is 31.6 Å². The Balaban J connectivity index is 1.46. The first-order valence-corrected chi connectivity index (χ1v) is 7.97. The Morgan fingerprint density at radius 1 is 1.28 bits per heavy atom. The van der Waals surface area contributed by atoms with E-state index in [0.717, 1.165) is 29.7 Å². The highest BCUT2D eigenvalue weighted by Crippen LogP contribution is 2.34. The van der Waals surface area contributed by atoms with Gasteiger partial charge in [0.05, 0.1) is 18.3 Å². The number of hydrogen-bond acceptors (Lipinski definition) is 5. The molecule has 1 aromatic heterocycles. The van der Waals surface area contributed by atoms with Gasteiger partial charge in [0.25, 0.3) is 0 Å². The van der Waals surface area contributed by atoms with E-state index in [1.165, 1.54) is 25.7 Å². The molecule has 1 aromatic rings. The van der Waals surface area contributed by atoms with Crippen molar-refractivity contribution in [2.75, 3.05) is 0 Å². The molecule has 0 bridgehead atoms. The summed E-state index contributed by atoms with van der Waals surface area (Å²) in [5.74, 6) is 2.68. The minimum atomic E-state index is -0.291. The summed E-state index contributed by atoms with van der Waals surface area (Å²) in [6.07, 6.45) is 7.89. The number of aliphatic hydroxyl groups excluding tert-OH is 1. The largest absolute Gasteiger partial charge is 0.392 e. The lowest BCUT2D eigenvalue weighted by Crippen LogP contribution is -2.12. The summed E-state index contributed by atoms with van der Waals surface area (Å²) in [7, 11) is 0. The second kappa shape index (κ2) is 5.61. The summed E-state index contributed by atoms with van der Waals surface area (Å²) in [6, 6.07) is 0. The smallest absolute Gasteiger partial charge is 0.229 e. The fourth-order valence-electron chi connectivity index (χ4n) is 2.51. The predicted octanol–water partition coefficient (Wildman–Crippen LogP) is 2.56. The third-order valence-corrected chi connectivity index (χ3v) is 5.18. The molecule has 0 aliphatic heterocycles. The van der Waals surface area contributed by atoms with Crippen LogP contribution in [0.25, 0.3) is 0 Å². The monoisotopic (exact) mass is 268 g/mol. The standard InChI is InChI=1S/C13H20N2O2S/c16-11(9-5-6-9)7-13-14-12(15-17-13)8-18-10-3-1-2-4-10/h9-11,16H,1-8H2.